The Hall–Kier alpha value is -4.27. The number of nitrogens with zero attached hydrogens (tertiary/aromatic N) is 4. The van der Waals surface area contributed by atoms with Gasteiger partial charge in [0, 0.05) is 84.4 Å². The Bertz CT molecular complexity index is 2140. The predicted octanol–water partition coefficient (Wildman–Crippen LogP) is 6.49. The van der Waals surface area contributed by atoms with Crippen LogP contribution in [0.25, 0.3) is 33.4 Å². The predicted molar refractivity (Wildman–Crippen MR) is 204 cm³/mol. The molecule has 5 heterocycles. The number of hydrogen-bond acceptors (Lipinski definition) is 9. The zero-order valence-electron chi connectivity index (χ0n) is 31.9. The van der Waals surface area contributed by atoms with Gasteiger partial charge in [0.1, 0.15) is 12.1 Å². The lowest BCUT2D eigenvalue weighted by molar-refractivity contribution is -0.155. The van der Waals surface area contributed by atoms with Crippen LogP contribution < -0.4 is 10.7 Å². The highest BCUT2D eigenvalue weighted by molar-refractivity contribution is 7.10. The molecule has 4 aromatic rings. The number of cyclic esters (lactones) is 1. The van der Waals surface area contributed by atoms with E-state index in [0.717, 1.165) is 44.7 Å². The number of benzene rings is 1. The minimum atomic E-state index is -2.75. The van der Waals surface area contributed by atoms with E-state index >= 15 is 0 Å². The van der Waals surface area contributed by atoms with E-state index in [-0.39, 0.29) is 49.7 Å². The molecule has 3 aromatic heterocycles. The molecule has 8 rings (SSSR count). The van der Waals surface area contributed by atoms with Crippen molar-refractivity contribution in [1.29, 1.82) is 0 Å². The fourth-order valence-electron chi connectivity index (χ4n) is 9.00. The minimum absolute atomic E-state index is 0.111. The van der Waals surface area contributed by atoms with Crippen molar-refractivity contribution >= 4 is 40.0 Å². The highest BCUT2D eigenvalue weighted by Crippen LogP contribution is 2.62. The zero-order chi connectivity index (χ0) is 38.8. The van der Waals surface area contributed by atoms with E-state index in [2.05, 4.69) is 60.3 Å². The second-order valence-corrected chi connectivity index (χ2v) is 17.3. The quantitative estimate of drug-likeness (QED) is 0.213. The first kappa shape index (κ1) is 37.6. The van der Waals surface area contributed by atoms with Gasteiger partial charge in [-0.25, -0.2) is 19.2 Å². The van der Waals surface area contributed by atoms with Gasteiger partial charge in [0.2, 0.25) is 11.8 Å². The normalized spacial score (nSPS) is 26.6. The minimum Gasteiger partial charge on any atom is -0.464 e. The number of thiazole rings is 1. The average molecular weight is 775 g/mol. The number of halogens is 2. The van der Waals surface area contributed by atoms with Crippen molar-refractivity contribution in [3.63, 3.8) is 0 Å². The summed E-state index contributed by atoms with van der Waals surface area (Å²) in [5.74, 6) is -5.27. The van der Waals surface area contributed by atoms with Crippen molar-refractivity contribution in [2.24, 2.45) is 23.2 Å². The summed E-state index contributed by atoms with van der Waals surface area (Å²) in [6.45, 7) is 9.46. The molecule has 4 aliphatic rings. The number of methoxy groups -OCH3 is 1. The Balaban J connectivity index is 1.20. The van der Waals surface area contributed by atoms with Crippen LogP contribution in [0.5, 0.6) is 0 Å². The van der Waals surface area contributed by atoms with E-state index in [4.69, 9.17) is 19.4 Å². The van der Waals surface area contributed by atoms with Crippen molar-refractivity contribution < 1.29 is 32.6 Å². The van der Waals surface area contributed by atoms with Gasteiger partial charge in [-0.1, -0.05) is 19.9 Å². The lowest BCUT2D eigenvalue weighted by Crippen LogP contribution is -2.60. The third kappa shape index (κ3) is 7.17. The molecule has 1 aromatic carbocycles. The van der Waals surface area contributed by atoms with Crippen LogP contribution in [0, 0.1) is 23.2 Å². The Kier molecular flexibility index (Phi) is 9.82. The van der Waals surface area contributed by atoms with Gasteiger partial charge in [-0.2, -0.15) is 0 Å². The largest absolute Gasteiger partial charge is 0.464 e. The molecule has 14 heteroatoms. The van der Waals surface area contributed by atoms with Crippen molar-refractivity contribution in [3.05, 3.63) is 58.2 Å². The van der Waals surface area contributed by atoms with Crippen LogP contribution in [0.3, 0.4) is 0 Å². The molecule has 1 unspecified atom stereocenters. The number of fused-ring (bicyclic) bond motifs is 7. The van der Waals surface area contributed by atoms with Gasteiger partial charge in [0.25, 0.3) is 5.91 Å². The average Bonchev–Trinajstić information content (AvgIpc) is 3.44. The van der Waals surface area contributed by atoms with Crippen LogP contribution >= 0.6 is 11.3 Å². The first-order valence-electron chi connectivity index (χ1n) is 19.3. The first-order valence-corrected chi connectivity index (χ1v) is 20.2. The summed E-state index contributed by atoms with van der Waals surface area (Å²) in [6, 6.07) is 8.59. The van der Waals surface area contributed by atoms with Gasteiger partial charge >= 0.3 is 5.97 Å². The second-order valence-electron chi connectivity index (χ2n) is 16.4. The second kappa shape index (κ2) is 14.3. The molecule has 2 saturated carbocycles. The van der Waals surface area contributed by atoms with Crippen LogP contribution in [0.4, 0.5) is 8.78 Å². The molecule has 0 radical (unpaired) electrons. The van der Waals surface area contributed by atoms with E-state index in [1.807, 2.05) is 18.4 Å². The number of carbonyl (C=O) groups excluding carboxylic acids is 3. The third-order valence-corrected chi connectivity index (χ3v) is 12.7. The Morgan fingerprint density at radius 3 is 2.73 bits per heavy atom. The number of rotatable bonds is 6. The summed E-state index contributed by atoms with van der Waals surface area (Å²) in [5.41, 5.74) is 9.25. The molecule has 11 nitrogen and oxygen atoms in total. The van der Waals surface area contributed by atoms with Gasteiger partial charge in [-0.05, 0) is 74.8 Å². The molecule has 2 aliphatic carbocycles. The van der Waals surface area contributed by atoms with Gasteiger partial charge in [0.05, 0.1) is 34.8 Å². The standard InChI is InChI=1S/C41H48F2N6O5S/c1-6-48-32-12-11-23-15-25(32)28(36(48)24-9-7-13-44-35(24)22(2)53-5)17-40(3,4)21-54-39(52)29-10-8-14-49(47-29)38(51)30(16-33-45-31(23)20-55-33)46-37(50)34-26-18-41(42,43)19-27(26)34/h7,9,11-13,15,20,22,26-27,29-30,34,47H,6,8,10,14,16-19,21H2,1-5H3,(H,46,50)/t22-,26+,27?,29-,30-,34-/m0/s1. The summed E-state index contributed by atoms with van der Waals surface area (Å²) in [7, 11) is 1.68. The maximum atomic E-state index is 14.2. The monoisotopic (exact) mass is 774 g/mol. The molecule has 0 spiro atoms. The summed E-state index contributed by atoms with van der Waals surface area (Å²) in [4.78, 5) is 51.1. The van der Waals surface area contributed by atoms with Gasteiger partial charge in [-0.3, -0.25) is 24.4 Å². The number of hydrogen-bond donors (Lipinski definition) is 2. The summed E-state index contributed by atoms with van der Waals surface area (Å²) < 4.78 is 42.0. The first-order chi connectivity index (χ1) is 26.3. The number of aryl methyl sites for hydroxylation is 1. The molecule has 3 fully saturated rings. The Morgan fingerprint density at radius 2 is 1.98 bits per heavy atom. The van der Waals surface area contributed by atoms with E-state index in [1.165, 1.54) is 16.3 Å². The van der Waals surface area contributed by atoms with Crippen molar-refractivity contribution in [2.75, 3.05) is 20.3 Å². The molecule has 2 aliphatic heterocycles. The Labute approximate surface area is 323 Å². The molecule has 6 atom stereocenters. The molecular weight excluding hydrogens is 727 g/mol. The maximum absolute atomic E-state index is 14.2. The van der Waals surface area contributed by atoms with E-state index in [0.29, 0.717) is 37.4 Å². The molecular formula is C41H48F2N6O5S. The van der Waals surface area contributed by atoms with Crippen molar-refractivity contribution in [3.8, 4) is 22.5 Å². The van der Waals surface area contributed by atoms with Crippen molar-refractivity contribution in [1.82, 2.24) is 30.3 Å². The van der Waals surface area contributed by atoms with Gasteiger partial charge < -0.3 is 19.4 Å². The summed E-state index contributed by atoms with van der Waals surface area (Å²) >= 11 is 1.40. The highest BCUT2D eigenvalue weighted by atomic mass is 32.1. The molecule has 6 bridgehead atoms. The molecule has 2 N–H and O–H groups in total. The number of hydrazine groups is 1. The third-order valence-electron chi connectivity index (χ3n) is 11.9. The number of carbonyl (C=O) groups is 3. The number of nitrogens with one attached hydrogen (secondary N) is 2. The fraction of sp³-hybridized carbons (Fsp3) is 0.537. The number of esters is 1. The topological polar surface area (TPSA) is 128 Å². The lowest BCUT2D eigenvalue weighted by atomic mass is 9.84. The fourth-order valence-corrected chi connectivity index (χ4v) is 9.85. The van der Waals surface area contributed by atoms with Gasteiger partial charge in [-0.15, -0.1) is 11.3 Å². The molecule has 1 saturated heterocycles. The highest BCUT2D eigenvalue weighted by Gasteiger charge is 2.65. The van der Waals surface area contributed by atoms with E-state index in [9.17, 15) is 23.2 Å². The molecule has 55 heavy (non-hydrogen) atoms. The van der Waals surface area contributed by atoms with Crippen LogP contribution in [0.15, 0.2) is 41.9 Å². The number of ether oxygens (including phenoxy) is 2. The number of aromatic nitrogens is 3. The number of amides is 2. The number of pyridine rings is 1. The van der Waals surface area contributed by atoms with E-state index < -0.39 is 41.2 Å². The van der Waals surface area contributed by atoms with Crippen LogP contribution in [-0.2, 0) is 43.2 Å². The maximum Gasteiger partial charge on any atom is 0.324 e. The van der Waals surface area contributed by atoms with Crippen LogP contribution in [0.2, 0.25) is 0 Å². The SMILES string of the molecule is CCn1c(-c2cccnc2[C@H](C)OC)c2c3cc(ccc31)-c1csc(n1)C[C@H](NC(=O)[C@@H]1C3CC(F)(F)C[C@H]31)C(=O)N1CCC[C@H](N1)C(=O)OCC(C)(C)C2. The van der Waals surface area contributed by atoms with Gasteiger partial charge in [0.15, 0.2) is 0 Å². The molecule has 292 valence electrons. The molecule has 2 amide bonds. The van der Waals surface area contributed by atoms with Crippen molar-refractivity contribution in [2.45, 2.75) is 96.9 Å². The zero-order valence-corrected chi connectivity index (χ0v) is 32.7. The summed E-state index contributed by atoms with van der Waals surface area (Å²) in [6.07, 6.45) is 2.66. The Morgan fingerprint density at radius 1 is 1.20 bits per heavy atom. The van der Waals surface area contributed by atoms with Crippen LogP contribution in [-0.4, -0.2) is 75.6 Å². The van der Waals surface area contributed by atoms with E-state index in [1.54, 1.807) is 13.3 Å². The lowest BCUT2D eigenvalue weighted by Gasteiger charge is -2.35. The summed E-state index contributed by atoms with van der Waals surface area (Å²) in [5, 5.41) is 7.98. The number of alkyl halides is 2. The van der Waals surface area contributed by atoms with Crippen LogP contribution in [0.1, 0.15) is 75.7 Å². The smallest absolute Gasteiger partial charge is 0.324 e.